The van der Waals surface area contributed by atoms with Crippen molar-refractivity contribution in [3.05, 3.63) is 64.2 Å². The molecule has 0 amide bonds. The minimum atomic E-state index is -0.601. The van der Waals surface area contributed by atoms with Gasteiger partial charge in [0.05, 0.1) is 4.92 Å². The third-order valence-electron chi connectivity index (χ3n) is 2.86. The fourth-order valence-corrected chi connectivity index (χ4v) is 1.85. The van der Waals surface area contributed by atoms with E-state index >= 15 is 0 Å². The Morgan fingerprint density at radius 3 is 2.47 bits per heavy atom. The number of rotatable bonds is 4. The minimum absolute atomic E-state index is 0.281. The third-order valence-corrected chi connectivity index (χ3v) is 2.86. The summed E-state index contributed by atoms with van der Waals surface area (Å²) in [5.41, 5.74) is 1.58. The Morgan fingerprint density at radius 1 is 1.21 bits per heavy atom. The van der Waals surface area contributed by atoms with Crippen molar-refractivity contribution in [2.24, 2.45) is 0 Å². The van der Waals surface area contributed by atoms with Crippen LogP contribution in [-0.4, -0.2) is 17.1 Å². The first-order valence-corrected chi connectivity index (χ1v) is 5.80. The average Bonchev–Trinajstić information content (AvgIpc) is 2.39. The Morgan fingerprint density at radius 2 is 1.89 bits per heavy atom. The van der Waals surface area contributed by atoms with Crippen LogP contribution in [0.3, 0.4) is 0 Å². The second kappa shape index (κ2) is 5.39. The number of phenols is 1. The van der Waals surface area contributed by atoms with E-state index in [0.717, 1.165) is 11.3 Å². The molecule has 19 heavy (non-hydrogen) atoms. The van der Waals surface area contributed by atoms with Gasteiger partial charge in [0.15, 0.2) is 5.75 Å². The first kappa shape index (κ1) is 12.9. The van der Waals surface area contributed by atoms with Gasteiger partial charge in [0.1, 0.15) is 0 Å². The molecule has 0 aliphatic carbocycles. The normalized spacial score (nSPS) is 10.2. The molecule has 0 aromatic heterocycles. The molecular weight excluding hydrogens is 244 g/mol. The molecule has 0 atom stereocenters. The number of aromatic hydroxyl groups is 1. The van der Waals surface area contributed by atoms with Crippen molar-refractivity contribution in [1.29, 1.82) is 0 Å². The first-order chi connectivity index (χ1) is 9.08. The largest absolute Gasteiger partial charge is 0.502 e. The van der Waals surface area contributed by atoms with Crippen LogP contribution in [0.4, 0.5) is 11.4 Å². The zero-order valence-corrected chi connectivity index (χ0v) is 10.5. The number of phenolic OH excluding ortho intramolecular Hbond substituents is 1. The molecule has 0 spiro atoms. The van der Waals surface area contributed by atoms with E-state index in [9.17, 15) is 15.2 Å². The van der Waals surface area contributed by atoms with Crippen molar-refractivity contribution in [3.63, 3.8) is 0 Å². The zero-order valence-electron chi connectivity index (χ0n) is 10.5. The van der Waals surface area contributed by atoms with Crippen LogP contribution in [-0.2, 0) is 6.54 Å². The van der Waals surface area contributed by atoms with E-state index in [2.05, 4.69) is 0 Å². The summed E-state index contributed by atoms with van der Waals surface area (Å²) in [4.78, 5) is 11.9. The smallest absolute Gasteiger partial charge is 0.310 e. The lowest BCUT2D eigenvalue weighted by atomic mass is 10.2. The molecule has 5 heteroatoms. The molecule has 2 aromatic carbocycles. The molecule has 5 nitrogen and oxygen atoms in total. The van der Waals surface area contributed by atoms with Gasteiger partial charge in [-0.1, -0.05) is 30.3 Å². The van der Waals surface area contributed by atoms with E-state index in [1.54, 1.807) is 6.07 Å². The lowest BCUT2D eigenvalue weighted by Crippen LogP contribution is -2.16. The molecule has 0 radical (unpaired) electrons. The van der Waals surface area contributed by atoms with E-state index in [1.807, 2.05) is 42.3 Å². The van der Waals surface area contributed by atoms with Crippen molar-refractivity contribution in [3.8, 4) is 5.75 Å². The SMILES string of the molecule is CN(Cc1ccccc1)c1ccc([N+](=O)[O-])c(O)c1. The molecular formula is C14H14N2O3. The highest BCUT2D eigenvalue weighted by Gasteiger charge is 2.14. The van der Waals surface area contributed by atoms with Crippen molar-refractivity contribution < 1.29 is 10.0 Å². The third kappa shape index (κ3) is 3.01. The fourth-order valence-electron chi connectivity index (χ4n) is 1.85. The number of nitro benzene ring substituents is 1. The van der Waals surface area contributed by atoms with Crippen molar-refractivity contribution in [2.45, 2.75) is 6.54 Å². The summed E-state index contributed by atoms with van der Waals surface area (Å²) in [6.45, 7) is 0.665. The van der Waals surface area contributed by atoms with E-state index in [0.29, 0.717) is 6.54 Å². The Bertz CT molecular complexity index is 584. The molecule has 0 fully saturated rings. The first-order valence-electron chi connectivity index (χ1n) is 5.80. The molecule has 0 unspecified atom stereocenters. The van der Waals surface area contributed by atoms with Gasteiger partial charge in [0, 0.05) is 31.4 Å². The Hall–Kier alpha value is -2.56. The van der Waals surface area contributed by atoms with Crippen LogP contribution in [0.25, 0.3) is 0 Å². The van der Waals surface area contributed by atoms with E-state index < -0.39 is 4.92 Å². The maximum absolute atomic E-state index is 10.6. The monoisotopic (exact) mass is 258 g/mol. The fraction of sp³-hybridized carbons (Fsp3) is 0.143. The van der Waals surface area contributed by atoms with Crippen molar-refractivity contribution in [2.75, 3.05) is 11.9 Å². The van der Waals surface area contributed by atoms with Crippen LogP contribution in [0.1, 0.15) is 5.56 Å². The number of nitro groups is 1. The van der Waals surface area contributed by atoms with Crippen LogP contribution in [0.2, 0.25) is 0 Å². The van der Waals surface area contributed by atoms with Gasteiger partial charge >= 0.3 is 5.69 Å². The van der Waals surface area contributed by atoms with Gasteiger partial charge in [-0.2, -0.15) is 0 Å². The van der Waals surface area contributed by atoms with Gasteiger partial charge in [0.25, 0.3) is 0 Å². The summed E-state index contributed by atoms with van der Waals surface area (Å²) in [5, 5.41) is 20.2. The van der Waals surface area contributed by atoms with Crippen LogP contribution in [0.15, 0.2) is 48.5 Å². The van der Waals surface area contributed by atoms with E-state index in [4.69, 9.17) is 0 Å². The molecule has 0 aliphatic rings. The topological polar surface area (TPSA) is 66.6 Å². The van der Waals surface area contributed by atoms with Crippen LogP contribution in [0.5, 0.6) is 5.75 Å². The number of anilines is 1. The standard InChI is InChI=1S/C14H14N2O3/c1-15(10-11-5-3-2-4-6-11)12-7-8-13(16(18)19)14(17)9-12/h2-9,17H,10H2,1H3. The molecule has 2 rings (SSSR count). The number of nitrogens with zero attached hydrogens (tertiary/aromatic N) is 2. The molecule has 0 bridgehead atoms. The maximum Gasteiger partial charge on any atom is 0.310 e. The average molecular weight is 258 g/mol. The highest BCUT2D eigenvalue weighted by Crippen LogP contribution is 2.30. The second-order valence-electron chi connectivity index (χ2n) is 4.27. The molecule has 0 saturated heterocycles. The van der Waals surface area contributed by atoms with Gasteiger partial charge in [-0.05, 0) is 11.6 Å². The summed E-state index contributed by atoms with van der Waals surface area (Å²) in [5.74, 6) is -0.317. The second-order valence-corrected chi connectivity index (χ2v) is 4.27. The molecule has 0 heterocycles. The molecule has 0 saturated carbocycles. The van der Waals surface area contributed by atoms with Crippen LogP contribution >= 0.6 is 0 Å². The maximum atomic E-state index is 10.6. The summed E-state index contributed by atoms with van der Waals surface area (Å²) < 4.78 is 0. The van der Waals surface area contributed by atoms with Crippen LogP contribution < -0.4 is 4.90 Å². The Kier molecular flexibility index (Phi) is 3.66. The Labute approximate surface area is 110 Å². The predicted molar refractivity (Wildman–Crippen MR) is 73.3 cm³/mol. The predicted octanol–water partition coefficient (Wildman–Crippen LogP) is 2.94. The van der Waals surface area contributed by atoms with Gasteiger partial charge in [-0.25, -0.2) is 0 Å². The molecule has 98 valence electrons. The quantitative estimate of drug-likeness (QED) is 0.676. The Balaban J connectivity index is 2.18. The highest BCUT2D eigenvalue weighted by molar-refractivity contribution is 5.58. The molecule has 1 N–H and O–H groups in total. The summed E-state index contributed by atoms with van der Waals surface area (Å²) >= 11 is 0. The van der Waals surface area contributed by atoms with E-state index in [1.165, 1.54) is 12.1 Å². The highest BCUT2D eigenvalue weighted by atomic mass is 16.6. The van der Waals surface area contributed by atoms with Gasteiger partial charge in [-0.15, -0.1) is 0 Å². The zero-order chi connectivity index (χ0) is 13.8. The summed E-state index contributed by atoms with van der Waals surface area (Å²) in [6, 6.07) is 14.2. The summed E-state index contributed by atoms with van der Waals surface area (Å²) in [6.07, 6.45) is 0. The van der Waals surface area contributed by atoms with Gasteiger partial charge < -0.3 is 10.0 Å². The van der Waals surface area contributed by atoms with Gasteiger partial charge in [-0.3, -0.25) is 10.1 Å². The minimum Gasteiger partial charge on any atom is -0.502 e. The molecule has 0 aliphatic heterocycles. The molecule has 2 aromatic rings. The van der Waals surface area contributed by atoms with Crippen molar-refractivity contribution in [1.82, 2.24) is 0 Å². The van der Waals surface area contributed by atoms with E-state index in [-0.39, 0.29) is 11.4 Å². The number of hydrogen-bond donors (Lipinski definition) is 1. The number of benzene rings is 2. The van der Waals surface area contributed by atoms with Gasteiger partial charge in [0.2, 0.25) is 0 Å². The van der Waals surface area contributed by atoms with Crippen LogP contribution in [0, 0.1) is 10.1 Å². The summed E-state index contributed by atoms with van der Waals surface area (Å²) in [7, 11) is 1.87. The lowest BCUT2D eigenvalue weighted by Gasteiger charge is -2.19. The van der Waals surface area contributed by atoms with Crippen molar-refractivity contribution >= 4 is 11.4 Å². The number of hydrogen-bond acceptors (Lipinski definition) is 4. The lowest BCUT2D eigenvalue weighted by molar-refractivity contribution is -0.385.